The summed E-state index contributed by atoms with van der Waals surface area (Å²) < 4.78 is 0. The summed E-state index contributed by atoms with van der Waals surface area (Å²) in [6.45, 7) is 2.93. The molecule has 3 N–H and O–H groups in total. The molecule has 0 heterocycles. The molecule has 1 saturated carbocycles. The molecule has 4 aromatic carbocycles. The van der Waals surface area contributed by atoms with Gasteiger partial charge in [0.2, 0.25) is 0 Å². The molecule has 0 aromatic heterocycles. The molecular weight excluding hydrogens is 438 g/mol. The van der Waals surface area contributed by atoms with E-state index in [1.165, 1.54) is 40.3 Å². The molecule has 0 spiro atoms. The molecule has 0 saturated heterocycles. The van der Waals surface area contributed by atoms with Gasteiger partial charge in [0, 0.05) is 37.1 Å². The normalized spacial score (nSPS) is 16.0. The fourth-order valence-corrected chi connectivity index (χ4v) is 5.39. The van der Waals surface area contributed by atoms with E-state index in [9.17, 15) is 0 Å². The van der Waals surface area contributed by atoms with Crippen LogP contribution in [0.3, 0.4) is 0 Å². The molecule has 0 aliphatic heterocycles. The van der Waals surface area contributed by atoms with Crippen molar-refractivity contribution >= 4 is 10.8 Å². The summed E-state index contributed by atoms with van der Waals surface area (Å²) in [6.07, 6.45) is 4.59. The van der Waals surface area contributed by atoms with Crippen molar-refractivity contribution < 1.29 is 0 Å². The first-order valence-corrected chi connectivity index (χ1v) is 13.4. The topological polar surface area (TPSA) is 36.1 Å². The quantitative estimate of drug-likeness (QED) is 0.238. The summed E-state index contributed by atoms with van der Waals surface area (Å²) >= 11 is 0. The van der Waals surface area contributed by atoms with Gasteiger partial charge in [-0.3, -0.25) is 0 Å². The van der Waals surface area contributed by atoms with Gasteiger partial charge in [0.05, 0.1) is 0 Å². The van der Waals surface area contributed by atoms with Crippen LogP contribution in [0.4, 0.5) is 0 Å². The Morgan fingerprint density at radius 2 is 1.28 bits per heavy atom. The lowest BCUT2D eigenvalue weighted by Gasteiger charge is -2.27. The van der Waals surface area contributed by atoms with Gasteiger partial charge in [0.1, 0.15) is 0 Å². The zero-order chi connectivity index (χ0) is 24.6. The first-order chi connectivity index (χ1) is 17.7. The Balaban J connectivity index is 1.29. The Morgan fingerprint density at radius 3 is 2.00 bits per heavy atom. The van der Waals surface area contributed by atoms with Crippen molar-refractivity contribution in [2.24, 2.45) is 0 Å². The van der Waals surface area contributed by atoms with E-state index < -0.39 is 0 Å². The van der Waals surface area contributed by atoms with Crippen LogP contribution in [0.15, 0.2) is 103 Å². The third-order valence-corrected chi connectivity index (χ3v) is 7.69. The van der Waals surface area contributed by atoms with E-state index in [1.807, 2.05) is 7.05 Å². The average molecular weight is 478 g/mol. The van der Waals surface area contributed by atoms with Gasteiger partial charge in [0.25, 0.3) is 0 Å². The fraction of sp³-hybridized carbons (Fsp3) is 0.333. The van der Waals surface area contributed by atoms with Crippen LogP contribution >= 0.6 is 0 Å². The summed E-state index contributed by atoms with van der Waals surface area (Å²) in [5.41, 5.74) is 4.56. The second kappa shape index (κ2) is 11.8. The number of likely N-dealkylation sites (N-methyl/N-ethyl adjacent to an activating group) is 1. The SMILES string of the molecule is CNC[C@@H](Cc1ccccc1)NC[C@@H](Cc1ccc2ccccc2c1)NCC1(c2ccccc2)CC1. The van der Waals surface area contributed by atoms with Gasteiger partial charge in [-0.05, 0) is 60.2 Å². The third-order valence-electron chi connectivity index (χ3n) is 7.69. The van der Waals surface area contributed by atoms with Gasteiger partial charge in [-0.25, -0.2) is 0 Å². The maximum absolute atomic E-state index is 4.00. The minimum Gasteiger partial charge on any atom is -0.318 e. The van der Waals surface area contributed by atoms with Gasteiger partial charge in [0.15, 0.2) is 0 Å². The standard InChI is InChI=1S/C33H39N3/c1-34-23-31(21-26-10-4-2-5-11-26)35-24-32(22-27-16-17-28-12-8-9-13-29(28)20-27)36-25-33(18-19-33)30-14-6-3-7-15-30/h2-17,20,31-32,34-36H,18-19,21-25H2,1H3/t31-,32-/m1/s1. The van der Waals surface area contributed by atoms with E-state index in [0.717, 1.165) is 32.5 Å². The summed E-state index contributed by atoms with van der Waals surface area (Å²) in [7, 11) is 2.04. The maximum Gasteiger partial charge on any atom is 0.0233 e. The molecule has 3 heteroatoms. The zero-order valence-corrected chi connectivity index (χ0v) is 21.4. The molecule has 0 bridgehead atoms. The van der Waals surface area contributed by atoms with Crippen LogP contribution < -0.4 is 16.0 Å². The number of hydrogen-bond donors (Lipinski definition) is 3. The van der Waals surface area contributed by atoms with Crippen LogP contribution in [-0.2, 0) is 18.3 Å². The smallest absolute Gasteiger partial charge is 0.0233 e. The molecule has 36 heavy (non-hydrogen) atoms. The van der Waals surface area contributed by atoms with Crippen LogP contribution in [0.25, 0.3) is 10.8 Å². The molecule has 0 amide bonds. The minimum atomic E-state index is 0.303. The number of benzene rings is 4. The number of rotatable bonds is 13. The predicted octanol–water partition coefficient (Wildman–Crippen LogP) is 5.49. The Hall–Kier alpha value is -2.98. The van der Waals surface area contributed by atoms with Crippen molar-refractivity contribution in [2.45, 2.75) is 43.2 Å². The average Bonchev–Trinajstić information content (AvgIpc) is 3.72. The van der Waals surface area contributed by atoms with Crippen molar-refractivity contribution in [2.75, 3.05) is 26.7 Å². The fourth-order valence-electron chi connectivity index (χ4n) is 5.39. The molecule has 2 atom stereocenters. The van der Waals surface area contributed by atoms with Crippen LogP contribution in [-0.4, -0.2) is 38.8 Å². The summed E-state index contributed by atoms with van der Waals surface area (Å²) in [5, 5.41) is 13.9. The first-order valence-electron chi connectivity index (χ1n) is 13.4. The Morgan fingerprint density at radius 1 is 0.639 bits per heavy atom. The van der Waals surface area contributed by atoms with Crippen LogP contribution in [0, 0.1) is 0 Å². The van der Waals surface area contributed by atoms with Crippen LogP contribution in [0.5, 0.6) is 0 Å². The van der Waals surface area contributed by atoms with Crippen molar-refractivity contribution in [1.29, 1.82) is 0 Å². The lowest BCUT2D eigenvalue weighted by molar-refractivity contribution is 0.404. The van der Waals surface area contributed by atoms with Crippen LogP contribution in [0.2, 0.25) is 0 Å². The molecule has 1 aliphatic carbocycles. The Kier molecular flexibility index (Phi) is 8.12. The molecule has 0 radical (unpaired) electrons. The Bertz CT molecular complexity index is 1220. The summed E-state index contributed by atoms with van der Waals surface area (Å²) in [4.78, 5) is 0. The molecule has 0 unspecified atom stereocenters. The minimum absolute atomic E-state index is 0.303. The second-order valence-electron chi connectivity index (χ2n) is 10.5. The van der Waals surface area contributed by atoms with Gasteiger partial charge in [-0.1, -0.05) is 103 Å². The monoisotopic (exact) mass is 477 g/mol. The van der Waals surface area contributed by atoms with E-state index in [4.69, 9.17) is 0 Å². The number of hydrogen-bond acceptors (Lipinski definition) is 3. The van der Waals surface area contributed by atoms with Gasteiger partial charge >= 0.3 is 0 Å². The van der Waals surface area contributed by atoms with Crippen molar-refractivity contribution in [3.63, 3.8) is 0 Å². The highest BCUT2D eigenvalue weighted by molar-refractivity contribution is 5.83. The molecular formula is C33H39N3. The largest absolute Gasteiger partial charge is 0.318 e. The third kappa shape index (κ3) is 6.41. The first kappa shape index (κ1) is 24.7. The highest BCUT2D eigenvalue weighted by Crippen LogP contribution is 2.47. The van der Waals surface area contributed by atoms with E-state index in [0.29, 0.717) is 17.5 Å². The van der Waals surface area contributed by atoms with Crippen molar-refractivity contribution in [3.05, 3.63) is 120 Å². The van der Waals surface area contributed by atoms with Crippen LogP contribution in [0.1, 0.15) is 29.5 Å². The molecule has 3 nitrogen and oxygen atoms in total. The highest BCUT2D eigenvalue weighted by Gasteiger charge is 2.44. The van der Waals surface area contributed by atoms with E-state index in [2.05, 4.69) is 119 Å². The maximum atomic E-state index is 4.00. The van der Waals surface area contributed by atoms with E-state index in [-0.39, 0.29) is 0 Å². The van der Waals surface area contributed by atoms with Gasteiger partial charge in [-0.2, -0.15) is 0 Å². The van der Waals surface area contributed by atoms with E-state index >= 15 is 0 Å². The molecule has 1 aliphatic rings. The van der Waals surface area contributed by atoms with Crippen molar-refractivity contribution in [1.82, 2.24) is 16.0 Å². The summed E-state index contributed by atoms with van der Waals surface area (Å²) in [5.74, 6) is 0. The van der Waals surface area contributed by atoms with Gasteiger partial charge in [-0.15, -0.1) is 0 Å². The second-order valence-corrected chi connectivity index (χ2v) is 10.5. The number of nitrogens with one attached hydrogen (secondary N) is 3. The molecule has 186 valence electrons. The molecule has 5 rings (SSSR count). The highest BCUT2D eigenvalue weighted by atomic mass is 15.0. The van der Waals surface area contributed by atoms with E-state index in [1.54, 1.807) is 0 Å². The molecule has 1 fully saturated rings. The lowest BCUT2D eigenvalue weighted by atomic mass is 9.95. The zero-order valence-electron chi connectivity index (χ0n) is 21.4. The van der Waals surface area contributed by atoms with Crippen molar-refractivity contribution in [3.8, 4) is 0 Å². The lowest BCUT2D eigenvalue weighted by Crippen LogP contribution is -2.48. The number of fused-ring (bicyclic) bond motifs is 1. The van der Waals surface area contributed by atoms with Gasteiger partial charge < -0.3 is 16.0 Å². The Labute approximate surface area is 216 Å². The summed E-state index contributed by atoms with van der Waals surface area (Å²) in [6, 6.07) is 38.2. The predicted molar refractivity (Wildman–Crippen MR) is 153 cm³/mol. The molecule has 4 aromatic rings.